The molecule has 0 saturated heterocycles. The van der Waals surface area contributed by atoms with Gasteiger partial charge in [0, 0.05) is 12.7 Å². The van der Waals surface area contributed by atoms with Gasteiger partial charge in [0.2, 0.25) is 0 Å². The lowest BCUT2D eigenvalue weighted by Crippen LogP contribution is -2.23. The minimum atomic E-state index is -0.324. The minimum Gasteiger partial charge on any atom is -0.461 e. The highest BCUT2D eigenvalue weighted by Gasteiger charge is 2.21. The zero-order chi connectivity index (χ0) is 16.5. The quantitative estimate of drug-likeness (QED) is 0.724. The molecule has 120 valence electrons. The van der Waals surface area contributed by atoms with Crippen LogP contribution in [0.5, 0.6) is 0 Å². The first kappa shape index (κ1) is 17.3. The van der Waals surface area contributed by atoms with Gasteiger partial charge in [-0.15, -0.1) is 0 Å². The van der Waals surface area contributed by atoms with Crippen LogP contribution in [0.25, 0.3) is 0 Å². The number of carbonyl (C=O) groups is 2. The molecule has 2 aromatic rings. The monoisotopic (exact) mass is 328 g/mol. The van der Waals surface area contributed by atoms with Gasteiger partial charge < -0.3 is 4.74 Å². The van der Waals surface area contributed by atoms with E-state index < -0.39 is 0 Å². The standard InChI is InChI=1S/C19H20O3S/c1-15(20)23-14-18(12-16-8-4-2-5-9-16)19(21)22-13-17-10-6-3-7-11-17/h2-11,18H,12-14H2,1H3/t18-/m0/s1. The van der Waals surface area contributed by atoms with Crippen molar-refractivity contribution in [1.82, 2.24) is 0 Å². The van der Waals surface area contributed by atoms with E-state index in [1.807, 2.05) is 60.7 Å². The molecule has 0 aliphatic heterocycles. The van der Waals surface area contributed by atoms with Crippen molar-refractivity contribution in [2.75, 3.05) is 5.75 Å². The Balaban J connectivity index is 1.97. The van der Waals surface area contributed by atoms with Crippen LogP contribution >= 0.6 is 11.8 Å². The highest BCUT2D eigenvalue weighted by atomic mass is 32.2. The molecule has 0 unspecified atom stereocenters. The fraction of sp³-hybridized carbons (Fsp3) is 0.263. The van der Waals surface area contributed by atoms with Crippen molar-refractivity contribution in [2.45, 2.75) is 20.0 Å². The van der Waals surface area contributed by atoms with E-state index in [0.29, 0.717) is 12.2 Å². The third-order valence-electron chi connectivity index (χ3n) is 3.37. The smallest absolute Gasteiger partial charge is 0.310 e. The number of rotatable bonds is 7. The van der Waals surface area contributed by atoms with Crippen LogP contribution in [0.3, 0.4) is 0 Å². The highest BCUT2D eigenvalue weighted by molar-refractivity contribution is 8.13. The molecule has 0 bridgehead atoms. The summed E-state index contributed by atoms with van der Waals surface area (Å²) in [5.41, 5.74) is 2.02. The van der Waals surface area contributed by atoms with Crippen molar-refractivity contribution in [3.8, 4) is 0 Å². The van der Waals surface area contributed by atoms with Gasteiger partial charge in [0.15, 0.2) is 5.12 Å². The maximum absolute atomic E-state index is 12.4. The van der Waals surface area contributed by atoms with Crippen LogP contribution in [0.2, 0.25) is 0 Å². The molecule has 0 amide bonds. The average molecular weight is 328 g/mol. The van der Waals surface area contributed by atoms with E-state index in [9.17, 15) is 9.59 Å². The van der Waals surface area contributed by atoms with E-state index in [-0.39, 0.29) is 23.6 Å². The van der Waals surface area contributed by atoms with E-state index >= 15 is 0 Å². The largest absolute Gasteiger partial charge is 0.461 e. The number of thioether (sulfide) groups is 1. The molecular weight excluding hydrogens is 308 g/mol. The van der Waals surface area contributed by atoms with Crippen LogP contribution in [0, 0.1) is 5.92 Å². The van der Waals surface area contributed by atoms with Crippen LogP contribution in [0.15, 0.2) is 60.7 Å². The lowest BCUT2D eigenvalue weighted by atomic mass is 10.0. The second-order valence-electron chi connectivity index (χ2n) is 5.28. The molecule has 0 radical (unpaired) electrons. The zero-order valence-corrected chi connectivity index (χ0v) is 13.9. The second-order valence-corrected chi connectivity index (χ2v) is 6.48. The molecular formula is C19H20O3S. The highest BCUT2D eigenvalue weighted by Crippen LogP contribution is 2.18. The third-order valence-corrected chi connectivity index (χ3v) is 4.35. The molecule has 1 atom stereocenters. The molecule has 0 N–H and O–H groups in total. The van der Waals surface area contributed by atoms with Crippen molar-refractivity contribution in [3.63, 3.8) is 0 Å². The Morgan fingerprint density at radius 1 is 0.957 bits per heavy atom. The van der Waals surface area contributed by atoms with Crippen molar-refractivity contribution < 1.29 is 14.3 Å². The Bertz CT molecular complexity index is 626. The number of hydrogen-bond donors (Lipinski definition) is 0. The summed E-state index contributed by atoms with van der Waals surface area (Å²) in [6.45, 7) is 1.77. The molecule has 4 heteroatoms. The van der Waals surface area contributed by atoms with E-state index in [1.165, 1.54) is 18.7 Å². The fourth-order valence-electron chi connectivity index (χ4n) is 2.17. The zero-order valence-electron chi connectivity index (χ0n) is 13.1. The Kier molecular flexibility index (Phi) is 6.88. The summed E-state index contributed by atoms with van der Waals surface area (Å²) in [5.74, 6) is -0.140. The van der Waals surface area contributed by atoms with Gasteiger partial charge in [-0.2, -0.15) is 0 Å². The number of esters is 1. The first-order valence-corrected chi connectivity index (χ1v) is 8.51. The molecule has 0 heterocycles. The van der Waals surface area contributed by atoms with Gasteiger partial charge in [0.25, 0.3) is 0 Å². The van der Waals surface area contributed by atoms with Crippen molar-refractivity contribution in [3.05, 3.63) is 71.8 Å². The molecule has 0 fully saturated rings. The molecule has 2 rings (SSSR count). The van der Waals surface area contributed by atoms with Gasteiger partial charge >= 0.3 is 5.97 Å². The van der Waals surface area contributed by atoms with Gasteiger partial charge in [-0.3, -0.25) is 9.59 Å². The van der Waals surface area contributed by atoms with Crippen molar-refractivity contribution in [1.29, 1.82) is 0 Å². The Morgan fingerprint density at radius 3 is 2.09 bits per heavy atom. The number of carbonyl (C=O) groups excluding carboxylic acids is 2. The second kappa shape index (κ2) is 9.16. The summed E-state index contributed by atoms with van der Waals surface area (Å²) < 4.78 is 5.43. The summed E-state index contributed by atoms with van der Waals surface area (Å²) in [6.07, 6.45) is 0.578. The number of hydrogen-bond acceptors (Lipinski definition) is 4. The van der Waals surface area contributed by atoms with E-state index in [2.05, 4.69) is 0 Å². The lowest BCUT2D eigenvalue weighted by molar-refractivity contribution is -0.149. The summed E-state index contributed by atoms with van der Waals surface area (Å²) in [4.78, 5) is 23.6. The molecule has 0 aliphatic rings. The Hall–Kier alpha value is -2.07. The van der Waals surface area contributed by atoms with E-state index in [0.717, 1.165) is 11.1 Å². The molecule has 23 heavy (non-hydrogen) atoms. The molecule has 3 nitrogen and oxygen atoms in total. The van der Waals surface area contributed by atoms with Crippen LogP contribution in [-0.2, 0) is 27.4 Å². The van der Waals surface area contributed by atoms with E-state index in [4.69, 9.17) is 4.74 Å². The summed E-state index contributed by atoms with van der Waals surface area (Å²) >= 11 is 1.17. The maximum atomic E-state index is 12.4. The van der Waals surface area contributed by atoms with Crippen LogP contribution in [0.4, 0.5) is 0 Å². The van der Waals surface area contributed by atoms with Crippen LogP contribution in [0.1, 0.15) is 18.1 Å². The van der Waals surface area contributed by atoms with Gasteiger partial charge in [-0.25, -0.2) is 0 Å². The molecule has 0 spiro atoms. The third kappa shape index (κ3) is 6.28. The van der Waals surface area contributed by atoms with Crippen LogP contribution < -0.4 is 0 Å². The van der Waals surface area contributed by atoms with Gasteiger partial charge in [0.05, 0.1) is 5.92 Å². The lowest BCUT2D eigenvalue weighted by Gasteiger charge is -2.15. The van der Waals surface area contributed by atoms with Crippen molar-refractivity contribution >= 4 is 22.8 Å². The number of benzene rings is 2. The molecule has 0 aliphatic carbocycles. The average Bonchev–Trinajstić information content (AvgIpc) is 2.58. The topological polar surface area (TPSA) is 43.4 Å². The SMILES string of the molecule is CC(=O)SC[C@H](Cc1ccccc1)C(=O)OCc1ccccc1. The van der Waals surface area contributed by atoms with Crippen LogP contribution in [-0.4, -0.2) is 16.8 Å². The van der Waals surface area contributed by atoms with Gasteiger partial charge in [-0.1, -0.05) is 72.4 Å². The maximum Gasteiger partial charge on any atom is 0.310 e. The van der Waals surface area contributed by atoms with E-state index in [1.54, 1.807) is 0 Å². The first-order chi connectivity index (χ1) is 11.1. The normalized spacial score (nSPS) is 11.7. The molecule has 2 aromatic carbocycles. The Labute approximate surface area is 141 Å². The number of ether oxygens (including phenoxy) is 1. The Morgan fingerprint density at radius 2 is 1.52 bits per heavy atom. The molecule has 0 saturated carbocycles. The summed E-state index contributed by atoms with van der Waals surface area (Å²) in [7, 11) is 0. The first-order valence-electron chi connectivity index (χ1n) is 7.53. The predicted octanol–water partition coefficient (Wildman–Crippen LogP) is 3.87. The summed E-state index contributed by atoms with van der Waals surface area (Å²) in [6, 6.07) is 19.4. The fourth-order valence-corrected chi connectivity index (χ4v) is 2.86. The van der Waals surface area contributed by atoms with Crippen molar-refractivity contribution in [2.24, 2.45) is 5.92 Å². The molecule has 0 aromatic heterocycles. The van der Waals surface area contributed by atoms with Gasteiger partial charge in [-0.05, 0) is 17.5 Å². The summed E-state index contributed by atoms with van der Waals surface area (Å²) in [5, 5.41) is 0.0129. The predicted molar refractivity (Wildman–Crippen MR) is 93.0 cm³/mol. The van der Waals surface area contributed by atoms with Gasteiger partial charge in [0.1, 0.15) is 6.61 Å². The minimum absolute atomic E-state index is 0.0129.